The number of Topliss-reactive ketones (excluding diaryl/α,β-unsaturated/α-hetero) is 2. The number of phenols is 2. The summed E-state index contributed by atoms with van der Waals surface area (Å²) in [6.07, 6.45) is 2.58. The van der Waals surface area contributed by atoms with Gasteiger partial charge in [0.1, 0.15) is 17.3 Å². The van der Waals surface area contributed by atoms with Crippen molar-refractivity contribution in [2.24, 2.45) is 0 Å². The smallest absolute Gasteiger partial charge is 0.339 e. The van der Waals surface area contributed by atoms with Gasteiger partial charge in [0.25, 0.3) is 0 Å². The number of ether oxygens (including phenoxy) is 1. The average Bonchev–Trinajstić information content (AvgIpc) is 2.45. The van der Waals surface area contributed by atoms with Crippen LogP contribution in [0.5, 0.6) is 11.5 Å². The lowest BCUT2D eigenvalue weighted by Gasteiger charge is -2.11. The summed E-state index contributed by atoms with van der Waals surface area (Å²) in [7, 11) is 0. The van der Waals surface area contributed by atoms with Gasteiger partial charge in [0, 0.05) is 18.9 Å². The highest BCUT2D eigenvalue weighted by atomic mass is 16.5. The lowest BCUT2D eigenvalue weighted by Crippen LogP contribution is -2.12. The average molecular weight is 322 g/mol. The molecule has 0 aromatic heterocycles. The van der Waals surface area contributed by atoms with Crippen LogP contribution in [0.2, 0.25) is 0 Å². The van der Waals surface area contributed by atoms with Crippen LogP contribution in [-0.4, -0.2) is 34.4 Å². The van der Waals surface area contributed by atoms with E-state index in [1.165, 1.54) is 6.92 Å². The lowest BCUT2D eigenvalue weighted by atomic mass is 9.97. The van der Waals surface area contributed by atoms with Crippen LogP contribution < -0.4 is 0 Å². The third-order valence-electron chi connectivity index (χ3n) is 3.31. The molecule has 0 atom stereocenters. The number of rotatable bonds is 9. The molecule has 0 aliphatic carbocycles. The Kier molecular flexibility index (Phi) is 7.25. The van der Waals surface area contributed by atoms with Crippen molar-refractivity contribution in [2.75, 3.05) is 6.61 Å². The number of carbonyl (C=O) groups excluding carboxylic acids is 3. The molecule has 0 aliphatic rings. The lowest BCUT2D eigenvalue weighted by molar-refractivity contribution is -0.117. The minimum Gasteiger partial charge on any atom is -0.508 e. The van der Waals surface area contributed by atoms with E-state index in [0.717, 1.165) is 12.1 Å². The quantitative estimate of drug-likeness (QED) is 0.412. The maximum Gasteiger partial charge on any atom is 0.339 e. The van der Waals surface area contributed by atoms with Crippen molar-refractivity contribution < 1.29 is 29.3 Å². The van der Waals surface area contributed by atoms with Crippen LogP contribution >= 0.6 is 0 Å². The van der Waals surface area contributed by atoms with E-state index < -0.39 is 17.5 Å². The first kappa shape index (κ1) is 18.7. The molecule has 23 heavy (non-hydrogen) atoms. The van der Waals surface area contributed by atoms with Gasteiger partial charge in [-0.1, -0.05) is 6.42 Å². The monoisotopic (exact) mass is 322 g/mol. The van der Waals surface area contributed by atoms with E-state index in [0.29, 0.717) is 25.7 Å². The van der Waals surface area contributed by atoms with Crippen molar-refractivity contribution >= 4 is 17.5 Å². The molecule has 0 saturated heterocycles. The Hall–Kier alpha value is -2.37. The van der Waals surface area contributed by atoms with E-state index in [-0.39, 0.29) is 35.7 Å². The molecule has 1 aromatic rings. The summed E-state index contributed by atoms with van der Waals surface area (Å²) in [6.45, 7) is 3.26. The predicted octanol–water partition coefficient (Wildman–Crippen LogP) is 3.00. The number of unbranched alkanes of at least 4 members (excludes halogenated alkanes) is 2. The molecule has 1 rings (SSSR count). The fraction of sp³-hybridized carbons (Fsp3) is 0.471. The van der Waals surface area contributed by atoms with Crippen LogP contribution in [0.4, 0.5) is 0 Å². The Morgan fingerprint density at radius 3 is 2.30 bits per heavy atom. The molecule has 0 radical (unpaired) electrons. The highest BCUT2D eigenvalue weighted by molar-refractivity contribution is 6.08. The maximum absolute atomic E-state index is 12.3. The Morgan fingerprint density at radius 1 is 1.04 bits per heavy atom. The second-order valence-electron chi connectivity index (χ2n) is 5.29. The number of ketones is 2. The zero-order valence-corrected chi connectivity index (χ0v) is 13.4. The largest absolute Gasteiger partial charge is 0.508 e. The van der Waals surface area contributed by atoms with Crippen molar-refractivity contribution in [3.63, 3.8) is 0 Å². The molecule has 0 amide bonds. The third-order valence-corrected chi connectivity index (χ3v) is 3.31. The highest BCUT2D eigenvalue weighted by Gasteiger charge is 2.23. The van der Waals surface area contributed by atoms with Gasteiger partial charge in [0.15, 0.2) is 5.78 Å². The first-order valence-electron chi connectivity index (χ1n) is 7.62. The van der Waals surface area contributed by atoms with Crippen LogP contribution in [0.15, 0.2) is 12.1 Å². The molecule has 2 N–H and O–H groups in total. The number of phenolic OH excluding ortho intramolecular Hbond substituents is 2. The Bertz CT molecular complexity index is 591. The summed E-state index contributed by atoms with van der Waals surface area (Å²) < 4.78 is 4.85. The molecular formula is C17H22O6. The minimum absolute atomic E-state index is 0.108. The summed E-state index contributed by atoms with van der Waals surface area (Å²) >= 11 is 0. The van der Waals surface area contributed by atoms with Crippen LogP contribution in [-0.2, 0) is 9.53 Å². The van der Waals surface area contributed by atoms with Crippen LogP contribution in [0.25, 0.3) is 0 Å². The van der Waals surface area contributed by atoms with Crippen LogP contribution in [0, 0.1) is 0 Å². The summed E-state index contributed by atoms with van der Waals surface area (Å²) in [6, 6.07) is 2.13. The number of esters is 1. The second-order valence-corrected chi connectivity index (χ2v) is 5.29. The third kappa shape index (κ3) is 5.73. The number of aromatic hydroxyl groups is 2. The molecule has 0 heterocycles. The first-order chi connectivity index (χ1) is 10.9. The van der Waals surface area contributed by atoms with Gasteiger partial charge in [-0.3, -0.25) is 4.79 Å². The number of hydrogen-bond donors (Lipinski definition) is 2. The van der Waals surface area contributed by atoms with E-state index in [1.54, 1.807) is 6.92 Å². The van der Waals surface area contributed by atoms with Gasteiger partial charge in [-0.15, -0.1) is 0 Å². The number of carbonyl (C=O) groups is 3. The van der Waals surface area contributed by atoms with E-state index >= 15 is 0 Å². The minimum atomic E-state index is -0.765. The number of hydrogen-bond acceptors (Lipinski definition) is 6. The van der Waals surface area contributed by atoms with Gasteiger partial charge in [0.2, 0.25) is 0 Å². The SMILES string of the molecule is CCOC(=O)c1cc(O)cc(O)c1C(=O)CCCCCC(C)=O. The molecule has 6 nitrogen and oxygen atoms in total. The standard InChI is InChI=1S/C17H22O6/c1-3-23-17(22)13-9-12(19)10-15(21)16(13)14(20)8-6-4-5-7-11(2)18/h9-10,19,21H,3-8H2,1-2H3. The molecule has 0 aliphatic heterocycles. The van der Waals surface area contributed by atoms with E-state index in [1.807, 2.05) is 0 Å². The fourth-order valence-corrected chi connectivity index (χ4v) is 2.24. The Balaban J connectivity index is 2.82. The van der Waals surface area contributed by atoms with Crippen LogP contribution in [0.3, 0.4) is 0 Å². The van der Waals surface area contributed by atoms with Gasteiger partial charge in [-0.05, 0) is 32.8 Å². The summed E-state index contributed by atoms with van der Waals surface area (Å²) in [5.74, 6) is -1.81. The normalized spacial score (nSPS) is 10.3. The first-order valence-corrected chi connectivity index (χ1v) is 7.62. The molecule has 126 valence electrons. The summed E-state index contributed by atoms with van der Waals surface area (Å²) in [4.78, 5) is 35.0. The molecule has 6 heteroatoms. The van der Waals surface area contributed by atoms with Crippen molar-refractivity contribution in [1.29, 1.82) is 0 Å². The predicted molar refractivity (Wildman–Crippen MR) is 83.8 cm³/mol. The zero-order valence-electron chi connectivity index (χ0n) is 13.4. The van der Waals surface area contributed by atoms with E-state index in [2.05, 4.69) is 0 Å². The van der Waals surface area contributed by atoms with Gasteiger partial charge >= 0.3 is 5.97 Å². The Morgan fingerprint density at radius 2 is 1.70 bits per heavy atom. The Labute approximate surface area is 135 Å². The molecule has 0 fully saturated rings. The molecule has 0 unspecified atom stereocenters. The van der Waals surface area contributed by atoms with E-state index in [9.17, 15) is 24.6 Å². The summed E-state index contributed by atoms with van der Waals surface area (Å²) in [5.41, 5.74) is -0.272. The molecule has 0 spiro atoms. The van der Waals surface area contributed by atoms with Crippen molar-refractivity contribution in [3.8, 4) is 11.5 Å². The summed E-state index contributed by atoms with van der Waals surface area (Å²) in [5, 5.41) is 19.4. The van der Waals surface area contributed by atoms with Gasteiger partial charge in [-0.25, -0.2) is 4.79 Å². The van der Waals surface area contributed by atoms with Gasteiger partial charge in [-0.2, -0.15) is 0 Å². The maximum atomic E-state index is 12.3. The number of benzene rings is 1. The van der Waals surface area contributed by atoms with E-state index in [4.69, 9.17) is 4.74 Å². The van der Waals surface area contributed by atoms with Crippen molar-refractivity contribution in [2.45, 2.75) is 46.0 Å². The van der Waals surface area contributed by atoms with Gasteiger partial charge in [0.05, 0.1) is 17.7 Å². The van der Waals surface area contributed by atoms with Crippen molar-refractivity contribution in [1.82, 2.24) is 0 Å². The van der Waals surface area contributed by atoms with Crippen molar-refractivity contribution in [3.05, 3.63) is 23.3 Å². The second kappa shape index (κ2) is 8.92. The topological polar surface area (TPSA) is 101 Å². The molecule has 1 aromatic carbocycles. The molecule has 0 saturated carbocycles. The molecular weight excluding hydrogens is 300 g/mol. The fourth-order valence-electron chi connectivity index (χ4n) is 2.24. The van der Waals surface area contributed by atoms with Gasteiger partial charge < -0.3 is 19.7 Å². The van der Waals surface area contributed by atoms with Crippen LogP contribution in [0.1, 0.15) is 66.7 Å². The highest BCUT2D eigenvalue weighted by Crippen LogP contribution is 2.29. The zero-order chi connectivity index (χ0) is 17.4. The molecule has 0 bridgehead atoms.